The average Bonchev–Trinajstić information content (AvgIpc) is 3.43. The topological polar surface area (TPSA) is 70.3 Å². The quantitative estimate of drug-likeness (QED) is 0.669. The summed E-state index contributed by atoms with van der Waals surface area (Å²) in [5.41, 5.74) is 4.73. The lowest BCUT2D eigenvalue weighted by Crippen LogP contribution is -2.34. The number of hydrogen-bond acceptors (Lipinski definition) is 6. The lowest BCUT2D eigenvalue weighted by molar-refractivity contribution is 0.0157. The van der Waals surface area contributed by atoms with Gasteiger partial charge in [0, 0.05) is 50.3 Å². The molecule has 0 aromatic carbocycles. The highest BCUT2D eigenvalue weighted by Crippen LogP contribution is 2.32. The van der Waals surface area contributed by atoms with Crippen molar-refractivity contribution in [3.63, 3.8) is 0 Å². The molecule has 8 heteroatoms. The largest absolute Gasteiger partial charge is 0.372 e. The molecule has 2 aliphatic heterocycles. The van der Waals surface area contributed by atoms with Gasteiger partial charge in [-0.15, -0.1) is 0 Å². The van der Waals surface area contributed by atoms with Crippen molar-refractivity contribution < 1.29 is 5.11 Å². The van der Waals surface area contributed by atoms with Crippen molar-refractivity contribution >= 4 is 17.4 Å². The predicted molar refractivity (Wildman–Crippen MR) is 121 cm³/mol. The van der Waals surface area contributed by atoms with E-state index in [1.54, 1.807) is 6.20 Å². The molecule has 5 heterocycles. The zero-order chi connectivity index (χ0) is 21.5. The molecule has 1 N–H and O–H groups in total. The molecule has 1 unspecified atom stereocenters. The van der Waals surface area contributed by atoms with E-state index in [1.807, 2.05) is 25.4 Å². The lowest BCUT2D eigenvalue weighted by atomic mass is 10.1. The molecule has 0 saturated carbocycles. The van der Waals surface area contributed by atoms with Gasteiger partial charge in [-0.25, -0.2) is 9.97 Å². The van der Waals surface area contributed by atoms with Gasteiger partial charge in [-0.2, -0.15) is 0 Å². The van der Waals surface area contributed by atoms with Gasteiger partial charge >= 0.3 is 0 Å². The van der Waals surface area contributed by atoms with Gasteiger partial charge in [0.2, 0.25) is 0 Å². The van der Waals surface area contributed by atoms with Crippen LogP contribution in [0.5, 0.6) is 0 Å². The van der Waals surface area contributed by atoms with E-state index in [9.17, 15) is 5.11 Å². The van der Waals surface area contributed by atoms with Gasteiger partial charge in [-0.3, -0.25) is 9.88 Å². The van der Waals surface area contributed by atoms with Crippen LogP contribution in [0.2, 0.25) is 5.02 Å². The molecule has 1 atom stereocenters. The van der Waals surface area contributed by atoms with Gasteiger partial charge in [0.1, 0.15) is 17.3 Å². The third kappa shape index (κ3) is 3.93. The first-order chi connectivity index (χ1) is 15.0. The number of likely N-dealkylation sites (tertiary alicyclic amines) is 1. The van der Waals surface area contributed by atoms with E-state index in [0.717, 1.165) is 78.7 Å². The number of halogens is 1. The van der Waals surface area contributed by atoms with Crippen LogP contribution in [0.1, 0.15) is 41.7 Å². The van der Waals surface area contributed by atoms with Crippen molar-refractivity contribution in [1.29, 1.82) is 0 Å². The molecule has 1 saturated heterocycles. The Morgan fingerprint density at radius 3 is 2.61 bits per heavy atom. The fourth-order valence-electron chi connectivity index (χ4n) is 4.55. The summed E-state index contributed by atoms with van der Waals surface area (Å²) in [6.45, 7) is 8.21. The Bertz CT molecular complexity index is 1110. The Morgan fingerprint density at radius 2 is 1.84 bits per heavy atom. The number of aliphatic hydroxyl groups excluding tert-OH is 1. The first kappa shape index (κ1) is 20.4. The zero-order valence-corrected chi connectivity index (χ0v) is 18.7. The molecule has 5 rings (SSSR count). The minimum Gasteiger partial charge on any atom is -0.372 e. The summed E-state index contributed by atoms with van der Waals surface area (Å²) in [5, 5.41) is 11.3. The summed E-state index contributed by atoms with van der Waals surface area (Å²) >= 11 is 6.49. The number of hydrogen-bond donors (Lipinski definition) is 1. The van der Waals surface area contributed by atoms with Crippen LogP contribution < -0.4 is 4.90 Å². The van der Waals surface area contributed by atoms with E-state index < -0.39 is 6.23 Å². The van der Waals surface area contributed by atoms with Crippen molar-refractivity contribution in [2.75, 3.05) is 24.5 Å². The predicted octanol–water partition coefficient (Wildman–Crippen LogP) is 3.72. The van der Waals surface area contributed by atoms with E-state index in [1.165, 1.54) is 0 Å². The molecule has 7 nitrogen and oxygen atoms in total. The Kier molecular flexibility index (Phi) is 5.42. The highest BCUT2D eigenvalue weighted by atomic mass is 35.5. The maximum absolute atomic E-state index is 10.7. The summed E-state index contributed by atoms with van der Waals surface area (Å²) in [6, 6.07) is 4.13. The highest BCUT2D eigenvalue weighted by Gasteiger charge is 2.27. The maximum Gasteiger partial charge on any atom is 0.152 e. The van der Waals surface area contributed by atoms with Crippen LogP contribution in [0.4, 0.5) is 5.82 Å². The Morgan fingerprint density at radius 1 is 1.03 bits per heavy atom. The van der Waals surface area contributed by atoms with E-state index in [4.69, 9.17) is 16.6 Å². The molecule has 3 aromatic rings. The van der Waals surface area contributed by atoms with Gasteiger partial charge < -0.3 is 14.6 Å². The third-order valence-corrected chi connectivity index (χ3v) is 6.51. The Labute approximate surface area is 187 Å². The van der Waals surface area contributed by atoms with Crippen LogP contribution in [0, 0.1) is 13.8 Å². The molecule has 31 heavy (non-hydrogen) atoms. The maximum atomic E-state index is 10.7. The second-order valence-corrected chi connectivity index (χ2v) is 8.92. The summed E-state index contributed by atoms with van der Waals surface area (Å²) in [6.07, 6.45) is 7.22. The third-order valence-electron chi connectivity index (χ3n) is 6.21. The van der Waals surface area contributed by atoms with Crippen molar-refractivity contribution in [1.82, 2.24) is 24.4 Å². The second-order valence-electron chi connectivity index (χ2n) is 8.51. The van der Waals surface area contributed by atoms with Crippen LogP contribution in [0.15, 0.2) is 30.7 Å². The number of pyridine rings is 2. The van der Waals surface area contributed by atoms with Crippen molar-refractivity contribution in [3.8, 4) is 11.3 Å². The second kappa shape index (κ2) is 8.22. The minimum atomic E-state index is -0.620. The first-order valence-corrected chi connectivity index (χ1v) is 11.2. The van der Waals surface area contributed by atoms with E-state index in [2.05, 4.69) is 37.3 Å². The van der Waals surface area contributed by atoms with Crippen LogP contribution in [0.25, 0.3) is 11.3 Å². The number of rotatable bonds is 4. The van der Waals surface area contributed by atoms with Crippen LogP contribution in [-0.4, -0.2) is 49.2 Å². The fraction of sp³-hybridized carbons (Fsp3) is 0.435. The standard InChI is InChI=1S/C23H27ClN6O/c1-15-9-16(2)22(26-11-15)17-10-20(25-12-18(17)24)30-8-7-29-13-19(27-21(29)14-30)23(31)28-5-3-4-6-28/h9-13,23,31H,3-8,14H2,1-2H3. The Hall–Kier alpha value is -2.48. The van der Waals surface area contributed by atoms with E-state index in [-0.39, 0.29) is 0 Å². The monoisotopic (exact) mass is 438 g/mol. The summed E-state index contributed by atoms with van der Waals surface area (Å²) in [7, 11) is 0. The number of anilines is 1. The van der Waals surface area contributed by atoms with Gasteiger partial charge in [0.05, 0.1) is 17.3 Å². The highest BCUT2D eigenvalue weighted by molar-refractivity contribution is 6.33. The van der Waals surface area contributed by atoms with Gasteiger partial charge in [0.25, 0.3) is 0 Å². The number of fused-ring (bicyclic) bond motifs is 1. The number of aliphatic hydroxyl groups is 1. The van der Waals surface area contributed by atoms with Gasteiger partial charge in [-0.05, 0) is 43.9 Å². The van der Waals surface area contributed by atoms with Crippen LogP contribution >= 0.6 is 11.6 Å². The molecular weight excluding hydrogens is 412 g/mol. The van der Waals surface area contributed by atoms with Crippen molar-refractivity contribution in [2.45, 2.75) is 46.0 Å². The summed E-state index contributed by atoms with van der Waals surface area (Å²) in [4.78, 5) is 18.3. The first-order valence-electron chi connectivity index (χ1n) is 10.8. The normalized spacial score (nSPS) is 17.7. The molecule has 0 spiro atoms. The zero-order valence-electron chi connectivity index (χ0n) is 17.9. The molecule has 2 aliphatic rings. The molecule has 0 aliphatic carbocycles. The van der Waals surface area contributed by atoms with E-state index in [0.29, 0.717) is 11.6 Å². The SMILES string of the molecule is Cc1cnc(-c2cc(N3CCn4cc(C(O)N5CCCC5)nc4C3)ncc2Cl)c(C)c1. The minimum absolute atomic E-state index is 0.595. The molecule has 0 bridgehead atoms. The van der Waals surface area contributed by atoms with Crippen molar-refractivity contribution in [3.05, 3.63) is 58.4 Å². The molecule has 0 amide bonds. The average molecular weight is 439 g/mol. The number of aromatic nitrogens is 4. The Balaban J connectivity index is 1.40. The molecule has 3 aromatic heterocycles. The summed E-state index contributed by atoms with van der Waals surface area (Å²) in [5.74, 6) is 1.81. The lowest BCUT2D eigenvalue weighted by Gasteiger charge is -2.29. The number of imidazole rings is 1. The fourth-order valence-corrected chi connectivity index (χ4v) is 4.74. The van der Waals surface area contributed by atoms with E-state index >= 15 is 0 Å². The smallest absolute Gasteiger partial charge is 0.152 e. The van der Waals surface area contributed by atoms with Crippen LogP contribution in [0.3, 0.4) is 0 Å². The molecule has 1 fully saturated rings. The molecule has 0 radical (unpaired) electrons. The van der Waals surface area contributed by atoms with Crippen LogP contribution in [-0.2, 0) is 13.1 Å². The van der Waals surface area contributed by atoms with Gasteiger partial charge in [0.15, 0.2) is 6.23 Å². The number of aryl methyl sites for hydroxylation is 2. The molecule has 162 valence electrons. The van der Waals surface area contributed by atoms with Crippen molar-refractivity contribution in [2.24, 2.45) is 0 Å². The molecular formula is C23H27ClN6O. The van der Waals surface area contributed by atoms with Gasteiger partial charge in [-0.1, -0.05) is 17.7 Å². The number of nitrogens with zero attached hydrogens (tertiary/aromatic N) is 6. The summed E-state index contributed by atoms with van der Waals surface area (Å²) < 4.78 is 2.15.